The molecule has 2 rings (SSSR count). The maximum absolute atomic E-state index is 12.6. The van der Waals surface area contributed by atoms with Gasteiger partial charge < -0.3 is 10.6 Å². The molecule has 0 spiro atoms. The van der Waals surface area contributed by atoms with Gasteiger partial charge in [-0.05, 0) is 32.2 Å². The van der Waals surface area contributed by atoms with Crippen LogP contribution in [0.15, 0.2) is 0 Å². The van der Waals surface area contributed by atoms with Crippen LogP contribution < -0.4 is 5.73 Å². The normalized spacial score (nSPS) is 25.2. The third kappa shape index (κ3) is 4.34. The third-order valence-corrected chi connectivity index (χ3v) is 4.50. The standard InChI is InChI=1S/C14H22F3N3O2/c15-14(16,17)11-3-6-20(7-4-11)13(22)10-2-1-5-19(8-10)9-12(18)21/h10-11H,1-9H2,(H2,18,21). The van der Waals surface area contributed by atoms with Crippen molar-refractivity contribution in [3.05, 3.63) is 0 Å². The molecule has 0 radical (unpaired) electrons. The molecule has 2 fully saturated rings. The fourth-order valence-corrected chi connectivity index (χ4v) is 3.31. The van der Waals surface area contributed by atoms with Crippen molar-refractivity contribution in [2.45, 2.75) is 31.9 Å². The number of amides is 2. The van der Waals surface area contributed by atoms with Crippen molar-refractivity contribution in [3.63, 3.8) is 0 Å². The van der Waals surface area contributed by atoms with E-state index in [0.29, 0.717) is 13.0 Å². The number of carbonyl (C=O) groups excluding carboxylic acids is 2. The smallest absolute Gasteiger partial charge is 0.369 e. The van der Waals surface area contributed by atoms with Crippen LogP contribution in [0.25, 0.3) is 0 Å². The summed E-state index contributed by atoms with van der Waals surface area (Å²) in [5.74, 6) is -2.06. The van der Waals surface area contributed by atoms with E-state index in [1.165, 1.54) is 0 Å². The Morgan fingerprint density at radius 1 is 1.09 bits per heavy atom. The molecule has 0 aromatic rings. The van der Waals surface area contributed by atoms with E-state index >= 15 is 0 Å². The molecule has 0 saturated carbocycles. The summed E-state index contributed by atoms with van der Waals surface area (Å²) < 4.78 is 37.9. The van der Waals surface area contributed by atoms with Crippen molar-refractivity contribution < 1.29 is 22.8 Å². The first kappa shape index (κ1) is 17.1. The molecule has 0 aromatic carbocycles. The Kier molecular flexibility index (Phi) is 5.31. The summed E-state index contributed by atoms with van der Waals surface area (Å²) in [6, 6.07) is 0. The van der Waals surface area contributed by atoms with E-state index in [0.717, 1.165) is 13.0 Å². The number of halogens is 3. The molecule has 1 atom stereocenters. The van der Waals surface area contributed by atoms with Crippen molar-refractivity contribution in [1.29, 1.82) is 0 Å². The fourth-order valence-electron chi connectivity index (χ4n) is 3.31. The van der Waals surface area contributed by atoms with Crippen LogP contribution in [0, 0.1) is 11.8 Å². The molecule has 2 aliphatic rings. The molecular weight excluding hydrogens is 299 g/mol. The number of piperidine rings is 2. The van der Waals surface area contributed by atoms with Crippen LogP contribution in [0.4, 0.5) is 13.2 Å². The molecule has 8 heteroatoms. The molecule has 0 bridgehead atoms. The van der Waals surface area contributed by atoms with Gasteiger partial charge in [0.05, 0.1) is 18.4 Å². The zero-order chi connectivity index (χ0) is 16.3. The minimum atomic E-state index is -4.17. The van der Waals surface area contributed by atoms with Gasteiger partial charge in [-0.1, -0.05) is 0 Å². The Bertz CT molecular complexity index is 420. The van der Waals surface area contributed by atoms with E-state index in [-0.39, 0.29) is 44.3 Å². The lowest BCUT2D eigenvalue weighted by Crippen LogP contribution is -2.49. The van der Waals surface area contributed by atoms with Gasteiger partial charge in [0.15, 0.2) is 0 Å². The second-order valence-corrected chi connectivity index (χ2v) is 6.18. The Morgan fingerprint density at radius 3 is 2.27 bits per heavy atom. The number of hydrogen-bond acceptors (Lipinski definition) is 3. The predicted octanol–water partition coefficient (Wildman–Crippen LogP) is 0.985. The highest BCUT2D eigenvalue weighted by Crippen LogP contribution is 2.34. The second-order valence-electron chi connectivity index (χ2n) is 6.18. The maximum atomic E-state index is 12.6. The van der Waals surface area contributed by atoms with Gasteiger partial charge in [-0.15, -0.1) is 0 Å². The Labute approximate surface area is 127 Å². The summed E-state index contributed by atoms with van der Waals surface area (Å²) in [5, 5.41) is 0. The predicted molar refractivity (Wildman–Crippen MR) is 73.7 cm³/mol. The average Bonchev–Trinajstić information content (AvgIpc) is 2.45. The number of carbonyl (C=O) groups is 2. The molecule has 22 heavy (non-hydrogen) atoms. The monoisotopic (exact) mass is 321 g/mol. The molecule has 2 aliphatic heterocycles. The van der Waals surface area contributed by atoms with Crippen molar-refractivity contribution in [1.82, 2.24) is 9.80 Å². The number of alkyl halides is 3. The summed E-state index contributed by atoms with van der Waals surface area (Å²) in [6.07, 6.45) is -2.70. The van der Waals surface area contributed by atoms with Crippen LogP contribution in [0.5, 0.6) is 0 Å². The quantitative estimate of drug-likeness (QED) is 0.843. The van der Waals surface area contributed by atoms with Crippen molar-refractivity contribution in [3.8, 4) is 0 Å². The lowest BCUT2D eigenvalue weighted by molar-refractivity contribution is -0.187. The lowest BCUT2D eigenvalue weighted by atomic mass is 9.92. The largest absolute Gasteiger partial charge is 0.391 e. The first-order chi connectivity index (χ1) is 10.3. The Morgan fingerprint density at radius 2 is 1.73 bits per heavy atom. The molecule has 2 N–H and O–H groups in total. The van der Waals surface area contributed by atoms with Gasteiger partial charge >= 0.3 is 6.18 Å². The van der Waals surface area contributed by atoms with E-state index in [1.54, 1.807) is 4.90 Å². The summed E-state index contributed by atoms with van der Waals surface area (Å²) >= 11 is 0. The minimum absolute atomic E-state index is 0.0209. The molecule has 126 valence electrons. The molecule has 0 aliphatic carbocycles. The second kappa shape index (κ2) is 6.85. The number of hydrogen-bond donors (Lipinski definition) is 1. The zero-order valence-corrected chi connectivity index (χ0v) is 12.4. The van der Waals surface area contributed by atoms with Gasteiger partial charge in [-0.2, -0.15) is 13.2 Å². The summed E-state index contributed by atoms with van der Waals surface area (Å²) in [6.45, 7) is 1.63. The van der Waals surface area contributed by atoms with Crippen LogP contribution >= 0.6 is 0 Å². The van der Waals surface area contributed by atoms with Gasteiger partial charge in [-0.25, -0.2) is 0 Å². The maximum Gasteiger partial charge on any atom is 0.391 e. The number of nitrogens with two attached hydrogens (primary N) is 1. The van der Waals surface area contributed by atoms with E-state index in [9.17, 15) is 22.8 Å². The molecule has 2 amide bonds. The Hall–Kier alpha value is -1.31. The summed E-state index contributed by atoms with van der Waals surface area (Å²) in [4.78, 5) is 26.8. The first-order valence-corrected chi connectivity index (χ1v) is 7.63. The number of likely N-dealkylation sites (tertiary alicyclic amines) is 2. The van der Waals surface area contributed by atoms with Gasteiger partial charge in [0, 0.05) is 19.6 Å². The Balaban J connectivity index is 1.85. The van der Waals surface area contributed by atoms with E-state index in [2.05, 4.69) is 0 Å². The minimum Gasteiger partial charge on any atom is -0.369 e. The van der Waals surface area contributed by atoms with Crippen LogP contribution in [0.3, 0.4) is 0 Å². The van der Waals surface area contributed by atoms with Crippen molar-refractivity contribution in [2.24, 2.45) is 17.6 Å². The number of rotatable bonds is 3. The van der Waals surface area contributed by atoms with E-state index in [4.69, 9.17) is 5.73 Å². The van der Waals surface area contributed by atoms with Gasteiger partial charge in [0.25, 0.3) is 0 Å². The molecule has 1 unspecified atom stereocenters. The highest BCUT2D eigenvalue weighted by molar-refractivity contribution is 5.79. The highest BCUT2D eigenvalue weighted by atomic mass is 19.4. The first-order valence-electron chi connectivity index (χ1n) is 7.63. The van der Waals surface area contributed by atoms with Crippen LogP contribution in [-0.4, -0.2) is 60.5 Å². The van der Waals surface area contributed by atoms with E-state index < -0.39 is 18.0 Å². The van der Waals surface area contributed by atoms with Gasteiger partial charge in [0.1, 0.15) is 0 Å². The topological polar surface area (TPSA) is 66.6 Å². The van der Waals surface area contributed by atoms with Crippen molar-refractivity contribution >= 4 is 11.8 Å². The SMILES string of the molecule is NC(=O)CN1CCCC(C(=O)N2CCC(C(F)(F)F)CC2)C1. The highest BCUT2D eigenvalue weighted by Gasteiger charge is 2.42. The van der Waals surface area contributed by atoms with E-state index in [1.807, 2.05) is 4.90 Å². The summed E-state index contributed by atoms with van der Waals surface area (Å²) in [5.41, 5.74) is 5.16. The zero-order valence-electron chi connectivity index (χ0n) is 12.4. The van der Waals surface area contributed by atoms with Crippen LogP contribution in [0.1, 0.15) is 25.7 Å². The summed E-state index contributed by atoms with van der Waals surface area (Å²) in [7, 11) is 0. The third-order valence-electron chi connectivity index (χ3n) is 4.50. The average molecular weight is 321 g/mol. The van der Waals surface area contributed by atoms with Crippen LogP contribution in [0.2, 0.25) is 0 Å². The molecule has 0 aromatic heterocycles. The lowest BCUT2D eigenvalue weighted by Gasteiger charge is -2.37. The number of nitrogens with zero attached hydrogens (tertiary/aromatic N) is 2. The fraction of sp³-hybridized carbons (Fsp3) is 0.857. The number of primary amides is 1. The molecular formula is C14H22F3N3O2. The molecule has 2 heterocycles. The van der Waals surface area contributed by atoms with Gasteiger partial charge in [-0.3, -0.25) is 14.5 Å². The molecule has 2 saturated heterocycles. The molecule has 5 nitrogen and oxygen atoms in total. The van der Waals surface area contributed by atoms with Gasteiger partial charge in [0.2, 0.25) is 11.8 Å². The van der Waals surface area contributed by atoms with Crippen molar-refractivity contribution in [2.75, 3.05) is 32.7 Å². The van der Waals surface area contributed by atoms with Crippen LogP contribution in [-0.2, 0) is 9.59 Å².